The predicted octanol–water partition coefficient (Wildman–Crippen LogP) is 1.72. The molecule has 0 unspecified atom stereocenters. The van der Waals surface area contributed by atoms with Gasteiger partial charge in [-0.25, -0.2) is 23.7 Å². The summed E-state index contributed by atoms with van der Waals surface area (Å²) in [6.07, 6.45) is -1.39. The Morgan fingerprint density at radius 1 is 1.04 bits per heavy atom. The third-order valence-electron chi connectivity index (χ3n) is 3.42. The van der Waals surface area contributed by atoms with Crippen molar-refractivity contribution in [2.24, 2.45) is 0 Å². The molecule has 0 bridgehead atoms. The molecule has 3 rings (SSSR count). The third-order valence-corrected chi connectivity index (χ3v) is 3.42. The first-order valence-electron chi connectivity index (χ1n) is 7.22. The fourth-order valence-corrected chi connectivity index (χ4v) is 2.32. The summed E-state index contributed by atoms with van der Waals surface area (Å²) in [6, 6.07) is 0. The summed E-state index contributed by atoms with van der Waals surface area (Å²) in [4.78, 5) is 22.6. The smallest absolute Gasteiger partial charge is 0.281 e. The van der Waals surface area contributed by atoms with Gasteiger partial charge in [0.25, 0.3) is 6.43 Å². The van der Waals surface area contributed by atoms with Gasteiger partial charge < -0.3 is 9.64 Å². The van der Waals surface area contributed by atoms with Crippen LogP contribution in [0.4, 0.5) is 14.7 Å². The first kappa shape index (κ1) is 15.6. The van der Waals surface area contributed by atoms with E-state index in [1.807, 2.05) is 4.90 Å². The average Bonchev–Trinajstić information content (AvgIpc) is 2.55. The molecule has 0 N–H and O–H groups in total. The SMILES string of the molecule is Cc1nc(-c2cnc(C)nc2C(F)F)nc(N2CCOCC2)n1. The molecule has 0 radical (unpaired) electrons. The average molecular weight is 322 g/mol. The van der Waals surface area contributed by atoms with E-state index < -0.39 is 6.43 Å². The zero-order valence-corrected chi connectivity index (χ0v) is 12.8. The lowest BCUT2D eigenvalue weighted by molar-refractivity contribution is 0.122. The van der Waals surface area contributed by atoms with Crippen LogP contribution < -0.4 is 4.90 Å². The predicted molar refractivity (Wildman–Crippen MR) is 78.3 cm³/mol. The van der Waals surface area contributed by atoms with Crippen LogP contribution in [0.1, 0.15) is 23.8 Å². The molecule has 0 saturated carbocycles. The lowest BCUT2D eigenvalue weighted by Gasteiger charge is -2.27. The lowest BCUT2D eigenvalue weighted by Crippen LogP contribution is -2.37. The molecule has 1 aliphatic heterocycles. The van der Waals surface area contributed by atoms with Crippen LogP contribution in [0.5, 0.6) is 0 Å². The van der Waals surface area contributed by atoms with Crippen LogP contribution in [0.25, 0.3) is 11.4 Å². The van der Waals surface area contributed by atoms with E-state index in [1.165, 1.54) is 6.20 Å². The van der Waals surface area contributed by atoms with Crippen LogP contribution in [0, 0.1) is 13.8 Å². The van der Waals surface area contributed by atoms with Gasteiger partial charge in [-0.3, -0.25) is 0 Å². The molecule has 0 spiro atoms. The van der Waals surface area contributed by atoms with Crippen molar-refractivity contribution in [1.82, 2.24) is 24.9 Å². The Kier molecular flexibility index (Phi) is 4.37. The highest BCUT2D eigenvalue weighted by Gasteiger charge is 2.22. The quantitative estimate of drug-likeness (QED) is 0.851. The van der Waals surface area contributed by atoms with Gasteiger partial charge in [0.1, 0.15) is 17.3 Å². The van der Waals surface area contributed by atoms with Gasteiger partial charge in [0.2, 0.25) is 5.95 Å². The molecule has 0 aromatic carbocycles. The summed E-state index contributed by atoms with van der Waals surface area (Å²) in [5, 5.41) is 0. The molecule has 7 nitrogen and oxygen atoms in total. The lowest BCUT2D eigenvalue weighted by atomic mass is 10.2. The van der Waals surface area contributed by atoms with Crippen LogP contribution in [-0.4, -0.2) is 51.2 Å². The zero-order valence-electron chi connectivity index (χ0n) is 12.8. The molecule has 2 aromatic rings. The van der Waals surface area contributed by atoms with E-state index in [1.54, 1.807) is 13.8 Å². The fourth-order valence-electron chi connectivity index (χ4n) is 2.32. The molecule has 2 aromatic heterocycles. The minimum atomic E-state index is -2.73. The van der Waals surface area contributed by atoms with E-state index in [4.69, 9.17) is 4.74 Å². The van der Waals surface area contributed by atoms with Crippen molar-refractivity contribution in [3.05, 3.63) is 23.5 Å². The fraction of sp³-hybridized carbons (Fsp3) is 0.500. The topological polar surface area (TPSA) is 76.9 Å². The van der Waals surface area contributed by atoms with Crippen molar-refractivity contribution >= 4 is 5.95 Å². The number of rotatable bonds is 3. The molecule has 23 heavy (non-hydrogen) atoms. The maximum atomic E-state index is 13.3. The third kappa shape index (κ3) is 3.39. The van der Waals surface area contributed by atoms with E-state index in [2.05, 4.69) is 24.9 Å². The number of alkyl halides is 2. The summed E-state index contributed by atoms with van der Waals surface area (Å²) in [7, 11) is 0. The molecular weight excluding hydrogens is 306 g/mol. The Morgan fingerprint density at radius 2 is 1.78 bits per heavy atom. The van der Waals surface area contributed by atoms with E-state index in [-0.39, 0.29) is 22.9 Å². The molecular formula is C14H16F2N6O. The highest BCUT2D eigenvalue weighted by Crippen LogP contribution is 2.27. The number of hydrogen-bond donors (Lipinski definition) is 0. The molecule has 1 saturated heterocycles. The van der Waals surface area contributed by atoms with Gasteiger partial charge in [-0.05, 0) is 13.8 Å². The maximum Gasteiger partial charge on any atom is 0.281 e. The summed E-state index contributed by atoms with van der Waals surface area (Å²) in [5.74, 6) is 1.35. The summed E-state index contributed by atoms with van der Waals surface area (Å²) in [5.41, 5.74) is -0.235. The Labute approximate surface area is 131 Å². The van der Waals surface area contributed by atoms with Gasteiger partial charge in [-0.15, -0.1) is 0 Å². The minimum Gasteiger partial charge on any atom is -0.378 e. The number of aromatic nitrogens is 5. The van der Waals surface area contributed by atoms with Crippen molar-refractivity contribution in [3.63, 3.8) is 0 Å². The Bertz CT molecular complexity index is 706. The largest absolute Gasteiger partial charge is 0.378 e. The Hall–Kier alpha value is -2.29. The van der Waals surface area contributed by atoms with E-state index >= 15 is 0 Å². The summed E-state index contributed by atoms with van der Waals surface area (Å²) >= 11 is 0. The zero-order chi connectivity index (χ0) is 16.4. The van der Waals surface area contributed by atoms with Gasteiger partial charge >= 0.3 is 0 Å². The first-order valence-corrected chi connectivity index (χ1v) is 7.22. The number of hydrogen-bond acceptors (Lipinski definition) is 7. The number of anilines is 1. The van der Waals surface area contributed by atoms with Gasteiger partial charge in [-0.2, -0.15) is 9.97 Å². The Balaban J connectivity index is 2.05. The standard InChI is InChI=1S/C14H16F2N6O/c1-8-17-7-10(11(18-8)12(15)16)13-19-9(2)20-14(21-13)22-3-5-23-6-4-22/h7,12H,3-6H2,1-2H3. The normalized spacial score (nSPS) is 15.3. The second-order valence-electron chi connectivity index (χ2n) is 5.12. The summed E-state index contributed by atoms with van der Waals surface area (Å²) < 4.78 is 31.8. The van der Waals surface area contributed by atoms with Crippen molar-refractivity contribution < 1.29 is 13.5 Å². The second kappa shape index (κ2) is 6.45. The van der Waals surface area contributed by atoms with Gasteiger partial charge in [0, 0.05) is 19.3 Å². The van der Waals surface area contributed by atoms with E-state index in [0.29, 0.717) is 38.1 Å². The molecule has 0 aliphatic carbocycles. The number of ether oxygens (including phenoxy) is 1. The van der Waals surface area contributed by atoms with Crippen LogP contribution in [0.2, 0.25) is 0 Å². The molecule has 3 heterocycles. The Morgan fingerprint density at radius 3 is 2.48 bits per heavy atom. The number of halogens is 2. The monoisotopic (exact) mass is 322 g/mol. The molecule has 1 aliphatic rings. The molecule has 1 fully saturated rings. The molecule has 0 amide bonds. The summed E-state index contributed by atoms with van der Waals surface area (Å²) in [6.45, 7) is 5.72. The number of aryl methyl sites for hydroxylation is 2. The van der Waals surface area contributed by atoms with Crippen molar-refractivity contribution in [2.45, 2.75) is 20.3 Å². The van der Waals surface area contributed by atoms with E-state index in [0.717, 1.165) is 0 Å². The van der Waals surface area contributed by atoms with Crippen LogP contribution in [0.15, 0.2) is 6.20 Å². The minimum absolute atomic E-state index is 0.130. The van der Waals surface area contributed by atoms with Crippen LogP contribution in [-0.2, 0) is 4.74 Å². The second-order valence-corrected chi connectivity index (χ2v) is 5.12. The first-order chi connectivity index (χ1) is 11.0. The van der Waals surface area contributed by atoms with Crippen molar-refractivity contribution in [3.8, 4) is 11.4 Å². The molecule has 9 heteroatoms. The molecule has 122 valence electrons. The molecule has 0 atom stereocenters. The highest BCUT2D eigenvalue weighted by atomic mass is 19.3. The van der Waals surface area contributed by atoms with Crippen LogP contribution in [0.3, 0.4) is 0 Å². The number of nitrogens with zero attached hydrogens (tertiary/aromatic N) is 6. The van der Waals surface area contributed by atoms with Gasteiger partial charge in [0.05, 0.1) is 18.8 Å². The van der Waals surface area contributed by atoms with Gasteiger partial charge in [0.15, 0.2) is 5.82 Å². The highest BCUT2D eigenvalue weighted by molar-refractivity contribution is 5.58. The number of morpholine rings is 1. The van der Waals surface area contributed by atoms with E-state index in [9.17, 15) is 8.78 Å². The van der Waals surface area contributed by atoms with Crippen molar-refractivity contribution in [2.75, 3.05) is 31.2 Å². The van der Waals surface area contributed by atoms with Crippen molar-refractivity contribution in [1.29, 1.82) is 0 Å². The van der Waals surface area contributed by atoms with Gasteiger partial charge in [-0.1, -0.05) is 0 Å². The maximum absolute atomic E-state index is 13.3. The van der Waals surface area contributed by atoms with Crippen LogP contribution >= 0.6 is 0 Å².